The summed E-state index contributed by atoms with van der Waals surface area (Å²) in [7, 11) is -4.23. The lowest BCUT2D eigenvalue weighted by molar-refractivity contribution is -0.162. The molecule has 0 aliphatic heterocycles. The minimum Gasteiger partial charge on any atom is -0.356 e. The first kappa shape index (κ1) is 23.6. The Balaban J connectivity index is 1.75. The Kier molecular flexibility index (Phi) is 13.2. The number of hydrogen-bond donors (Lipinski definition) is 3. The molecule has 3 N–H and O–H groups in total. The third kappa shape index (κ3) is 12.0. The fraction of sp³-hybridized carbons (Fsp3) is 0.944. The molecule has 1 saturated carbocycles. The number of carbonyl (C=O) groups excluding carboxylic acids is 1. The molecule has 0 bridgehead atoms. The van der Waals surface area contributed by atoms with Crippen molar-refractivity contribution in [2.75, 3.05) is 13.2 Å². The normalized spacial score (nSPS) is 17.3. The van der Waals surface area contributed by atoms with Gasteiger partial charge in [-0.25, -0.2) is 9.82 Å². The first-order valence-electron chi connectivity index (χ1n) is 10.1. The molecule has 7 nitrogen and oxygen atoms in total. The van der Waals surface area contributed by atoms with Crippen LogP contribution in [0.5, 0.6) is 0 Å². The van der Waals surface area contributed by atoms with Gasteiger partial charge in [-0.2, -0.15) is 0 Å². The molecule has 0 heterocycles. The van der Waals surface area contributed by atoms with Crippen LogP contribution in [0, 0.1) is 5.92 Å². The van der Waals surface area contributed by atoms with Crippen molar-refractivity contribution in [1.82, 2.24) is 5.32 Å². The van der Waals surface area contributed by atoms with Crippen LogP contribution in [0.25, 0.3) is 0 Å². The maximum Gasteiger partial charge on any atom is 0.499 e. The maximum absolute atomic E-state index is 11.8. The van der Waals surface area contributed by atoms with Gasteiger partial charge in [-0.1, -0.05) is 64.2 Å². The fourth-order valence-electron chi connectivity index (χ4n) is 3.39. The largest absolute Gasteiger partial charge is 0.499 e. The topological polar surface area (TPSA) is 105 Å². The molecule has 0 aromatic carbocycles. The van der Waals surface area contributed by atoms with Gasteiger partial charge in [0.15, 0.2) is 0 Å². The second kappa shape index (κ2) is 14.6. The zero-order valence-electron chi connectivity index (χ0n) is 15.9. The minimum atomic E-state index is -4.23. The summed E-state index contributed by atoms with van der Waals surface area (Å²) >= 11 is 0. The number of hydrogen-bond acceptors (Lipinski definition) is 5. The molecular weight excluding hydrogens is 357 g/mol. The summed E-state index contributed by atoms with van der Waals surface area (Å²) in [5.41, 5.74) is 0. The number of phosphoric ester groups is 1. The number of carbonyl (C=O) groups is 1. The van der Waals surface area contributed by atoms with Crippen LogP contribution in [-0.4, -0.2) is 29.2 Å². The van der Waals surface area contributed by atoms with Crippen LogP contribution in [0.1, 0.15) is 89.9 Å². The summed E-state index contributed by atoms with van der Waals surface area (Å²) in [4.78, 5) is 20.7. The number of nitrogens with one attached hydrogen (secondary N) is 1. The van der Waals surface area contributed by atoms with Crippen molar-refractivity contribution >= 4 is 13.7 Å². The Morgan fingerprint density at radius 1 is 0.923 bits per heavy atom. The average molecular weight is 393 g/mol. The average Bonchev–Trinajstić information content (AvgIpc) is 3.16. The van der Waals surface area contributed by atoms with Crippen molar-refractivity contribution in [3.05, 3.63) is 0 Å². The summed E-state index contributed by atoms with van der Waals surface area (Å²) in [5, 5.41) is 11.2. The van der Waals surface area contributed by atoms with Gasteiger partial charge in [0.2, 0.25) is 5.91 Å². The Labute approximate surface area is 157 Å². The number of amides is 1. The molecule has 154 valence electrons. The van der Waals surface area contributed by atoms with E-state index in [4.69, 9.17) is 10.2 Å². The highest BCUT2D eigenvalue weighted by Crippen LogP contribution is 2.41. The molecular formula is C18H36NO6P. The smallest absolute Gasteiger partial charge is 0.356 e. The van der Waals surface area contributed by atoms with Crippen LogP contribution in [0.15, 0.2) is 0 Å². The van der Waals surface area contributed by atoms with Crippen molar-refractivity contribution in [2.45, 2.75) is 89.9 Å². The lowest BCUT2D eigenvalue weighted by atomic mass is 10.1. The molecule has 1 fully saturated rings. The minimum absolute atomic E-state index is 0.117. The first-order chi connectivity index (χ1) is 12.5. The van der Waals surface area contributed by atoms with Gasteiger partial charge in [0.25, 0.3) is 0 Å². The molecule has 1 amide bonds. The van der Waals surface area contributed by atoms with E-state index in [1.165, 1.54) is 44.9 Å². The molecule has 1 atom stereocenters. The Morgan fingerprint density at radius 3 is 1.96 bits per heavy atom. The lowest BCUT2D eigenvalue weighted by Crippen LogP contribution is -2.30. The number of unbranched alkanes of at least 4 members (excludes halogenated alkanes) is 9. The monoisotopic (exact) mass is 393 g/mol. The fourth-order valence-corrected chi connectivity index (χ4v) is 3.80. The molecule has 0 radical (unpaired) electrons. The number of phosphoric acid groups is 1. The summed E-state index contributed by atoms with van der Waals surface area (Å²) < 4.78 is 18.7. The van der Waals surface area contributed by atoms with E-state index in [2.05, 4.69) is 14.5 Å². The van der Waals surface area contributed by atoms with E-state index in [9.17, 15) is 9.36 Å². The highest BCUT2D eigenvalue weighted by Gasteiger charge is 2.21. The molecule has 0 saturated heterocycles. The first-order valence-corrected chi connectivity index (χ1v) is 11.6. The summed E-state index contributed by atoms with van der Waals surface area (Å²) in [5.74, 6) is 0.538. The van der Waals surface area contributed by atoms with E-state index >= 15 is 0 Å². The van der Waals surface area contributed by atoms with E-state index in [-0.39, 0.29) is 18.4 Å². The van der Waals surface area contributed by atoms with Gasteiger partial charge in [0.05, 0.1) is 6.61 Å². The van der Waals surface area contributed by atoms with E-state index in [0.717, 1.165) is 45.1 Å². The molecule has 0 spiro atoms. The van der Waals surface area contributed by atoms with Gasteiger partial charge >= 0.3 is 7.82 Å². The van der Waals surface area contributed by atoms with Gasteiger partial charge in [-0.3, -0.25) is 9.32 Å². The van der Waals surface area contributed by atoms with E-state index < -0.39 is 7.82 Å². The zero-order chi connectivity index (χ0) is 19.1. The van der Waals surface area contributed by atoms with Gasteiger partial charge in [-0.15, -0.1) is 4.67 Å². The number of rotatable bonds is 16. The van der Waals surface area contributed by atoms with Crippen LogP contribution >= 0.6 is 7.82 Å². The van der Waals surface area contributed by atoms with Gasteiger partial charge in [-0.05, 0) is 25.7 Å². The second-order valence-electron chi connectivity index (χ2n) is 7.19. The molecule has 1 aliphatic carbocycles. The predicted molar refractivity (Wildman–Crippen MR) is 101 cm³/mol. The highest BCUT2D eigenvalue weighted by molar-refractivity contribution is 7.47. The van der Waals surface area contributed by atoms with E-state index in [1.54, 1.807) is 0 Å². The molecule has 8 heteroatoms. The molecule has 1 rings (SSSR count). The van der Waals surface area contributed by atoms with E-state index in [0.29, 0.717) is 6.42 Å². The van der Waals surface area contributed by atoms with Gasteiger partial charge in [0, 0.05) is 12.5 Å². The van der Waals surface area contributed by atoms with Crippen LogP contribution in [0.2, 0.25) is 0 Å². The second-order valence-corrected chi connectivity index (χ2v) is 8.55. The zero-order valence-corrected chi connectivity index (χ0v) is 16.8. The van der Waals surface area contributed by atoms with Crippen molar-refractivity contribution in [3.8, 4) is 0 Å². The third-order valence-electron chi connectivity index (χ3n) is 4.95. The van der Waals surface area contributed by atoms with Crippen molar-refractivity contribution in [1.29, 1.82) is 0 Å². The van der Waals surface area contributed by atoms with Gasteiger partial charge < -0.3 is 10.2 Å². The highest BCUT2D eigenvalue weighted by atomic mass is 31.2. The lowest BCUT2D eigenvalue weighted by Gasteiger charge is -2.10. The summed E-state index contributed by atoms with van der Waals surface area (Å²) in [6.45, 7) is 0.936. The van der Waals surface area contributed by atoms with Crippen LogP contribution in [0.4, 0.5) is 0 Å². The van der Waals surface area contributed by atoms with Crippen molar-refractivity contribution in [2.24, 2.45) is 5.92 Å². The van der Waals surface area contributed by atoms with Crippen molar-refractivity contribution < 1.29 is 28.7 Å². The standard InChI is InChI=1S/C18H36NO6P/c20-18(17-13-9-10-14-17)19-15-11-7-5-3-1-2-4-6-8-12-16-24-26(22,23)25-21/h17,21H,1-16H2,(H,19,20)(H,22,23). The quantitative estimate of drug-likeness (QED) is 0.151. The Morgan fingerprint density at radius 2 is 1.42 bits per heavy atom. The Bertz CT molecular complexity index is 414. The predicted octanol–water partition coefficient (Wildman–Crippen LogP) is 4.80. The summed E-state index contributed by atoms with van der Waals surface area (Å²) in [6.07, 6.45) is 15.5. The SMILES string of the molecule is O=C(NCCCCCCCCCCCCOP(=O)(O)OO)C1CCCC1. The van der Waals surface area contributed by atoms with Crippen LogP contribution in [-0.2, 0) is 18.6 Å². The molecule has 1 aliphatic rings. The van der Waals surface area contributed by atoms with Crippen LogP contribution < -0.4 is 5.32 Å². The van der Waals surface area contributed by atoms with Crippen LogP contribution in [0.3, 0.4) is 0 Å². The molecule has 1 unspecified atom stereocenters. The molecule has 0 aromatic heterocycles. The van der Waals surface area contributed by atoms with Gasteiger partial charge in [0.1, 0.15) is 0 Å². The molecule has 26 heavy (non-hydrogen) atoms. The third-order valence-corrected chi connectivity index (χ3v) is 5.67. The maximum atomic E-state index is 11.8. The molecule has 0 aromatic rings. The Hall–Kier alpha value is -0.460. The van der Waals surface area contributed by atoms with E-state index in [1.807, 2.05) is 0 Å². The summed E-state index contributed by atoms with van der Waals surface area (Å²) in [6, 6.07) is 0. The van der Waals surface area contributed by atoms with Crippen molar-refractivity contribution in [3.63, 3.8) is 0 Å².